The topological polar surface area (TPSA) is 97.9 Å². The molecule has 0 aromatic heterocycles. The van der Waals surface area contributed by atoms with Gasteiger partial charge in [-0.25, -0.2) is 8.42 Å². The maximum Gasteiger partial charge on any atom is 0.261 e. The Hall–Kier alpha value is -3.50. The van der Waals surface area contributed by atoms with Crippen molar-refractivity contribution in [2.75, 3.05) is 36.7 Å². The Kier molecular flexibility index (Phi) is 7.39. The fourth-order valence-corrected chi connectivity index (χ4v) is 4.06. The van der Waals surface area contributed by atoms with Gasteiger partial charge in [0.25, 0.3) is 10.0 Å². The predicted molar refractivity (Wildman–Crippen MR) is 130 cm³/mol. The molecule has 32 heavy (non-hydrogen) atoms. The maximum atomic E-state index is 12.6. The summed E-state index contributed by atoms with van der Waals surface area (Å²) in [6.07, 6.45) is 0. The summed E-state index contributed by atoms with van der Waals surface area (Å²) in [5.74, 6) is 1.88. The van der Waals surface area contributed by atoms with Gasteiger partial charge in [-0.15, -0.1) is 0 Å². The van der Waals surface area contributed by atoms with Gasteiger partial charge in [-0.1, -0.05) is 0 Å². The zero-order valence-electron chi connectivity index (χ0n) is 17.7. The van der Waals surface area contributed by atoms with E-state index in [1.54, 1.807) is 75.9 Å². The first-order chi connectivity index (χ1) is 15.3. The standard InChI is InChI=1S/C22H23N3O5S2/c1-28-18-8-4-16(5-9-18)25-32(26,27)21-10-6-15(7-11-21)23-22(31)24-17-12-19(29-2)14-20(13-17)30-3/h4-14,25H,1-3H3,(H2,23,24,31). The number of hydrogen-bond acceptors (Lipinski definition) is 6. The van der Waals surface area contributed by atoms with Gasteiger partial charge >= 0.3 is 0 Å². The van der Waals surface area contributed by atoms with Crippen LogP contribution in [0.2, 0.25) is 0 Å². The number of ether oxygens (including phenoxy) is 3. The summed E-state index contributed by atoms with van der Waals surface area (Å²) in [4.78, 5) is 0.121. The van der Waals surface area contributed by atoms with Crippen molar-refractivity contribution >= 4 is 44.4 Å². The first-order valence-corrected chi connectivity index (χ1v) is 11.3. The van der Waals surface area contributed by atoms with Crippen LogP contribution in [0.4, 0.5) is 17.1 Å². The van der Waals surface area contributed by atoms with Gasteiger partial charge in [0.2, 0.25) is 0 Å². The summed E-state index contributed by atoms with van der Waals surface area (Å²) >= 11 is 5.35. The van der Waals surface area contributed by atoms with E-state index in [4.69, 9.17) is 26.4 Å². The summed E-state index contributed by atoms with van der Waals surface area (Å²) in [6.45, 7) is 0. The van der Waals surface area contributed by atoms with Gasteiger partial charge in [0.15, 0.2) is 5.11 Å². The van der Waals surface area contributed by atoms with E-state index >= 15 is 0 Å². The van der Waals surface area contributed by atoms with Crippen LogP contribution in [0.1, 0.15) is 0 Å². The molecule has 0 fully saturated rings. The molecule has 168 valence electrons. The van der Waals surface area contributed by atoms with Crippen molar-refractivity contribution in [2.24, 2.45) is 0 Å². The third kappa shape index (κ3) is 6.02. The summed E-state index contributed by atoms with van der Waals surface area (Å²) in [6, 6.07) is 18.2. The van der Waals surface area contributed by atoms with Crippen LogP contribution in [-0.4, -0.2) is 34.9 Å². The lowest BCUT2D eigenvalue weighted by atomic mass is 10.3. The first kappa shape index (κ1) is 23.2. The molecule has 0 spiro atoms. The van der Waals surface area contributed by atoms with Gasteiger partial charge in [-0.05, 0) is 60.7 Å². The van der Waals surface area contributed by atoms with Crippen LogP contribution in [0.3, 0.4) is 0 Å². The molecule has 3 aromatic rings. The molecule has 0 unspecified atom stereocenters. The number of benzene rings is 3. The smallest absolute Gasteiger partial charge is 0.261 e. The molecule has 8 nitrogen and oxygen atoms in total. The van der Waals surface area contributed by atoms with Crippen molar-refractivity contribution in [2.45, 2.75) is 4.90 Å². The van der Waals surface area contributed by atoms with E-state index in [0.717, 1.165) is 0 Å². The van der Waals surface area contributed by atoms with E-state index in [2.05, 4.69) is 15.4 Å². The zero-order chi connectivity index (χ0) is 23.1. The van der Waals surface area contributed by atoms with E-state index in [1.165, 1.54) is 12.1 Å². The molecule has 0 heterocycles. The average Bonchev–Trinajstić information content (AvgIpc) is 2.79. The van der Waals surface area contributed by atoms with E-state index < -0.39 is 10.0 Å². The quantitative estimate of drug-likeness (QED) is 0.416. The van der Waals surface area contributed by atoms with Crippen LogP contribution in [-0.2, 0) is 10.0 Å². The van der Waals surface area contributed by atoms with E-state index in [-0.39, 0.29) is 4.90 Å². The molecule has 0 atom stereocenters. The summed E-state index contributed by atoms with van der Waals surface area (Å²) in [7, 11) is 0.936. The Bertz CT molecular complexity index is 1160. The zero-order valence-corrected chi connectivity index (χ0v) is 19.3. The molecular formula is C22H23N3O5S2. The molecule has 0 bridgehead atoms. The van der Waals surface area contributed by atoms with Crippen LogP contribution in [0.5, 0.6) is 17.2 Å². The largest absolute Gasteiger partial charge is 0.497 e. The fraction of sp³-hybridized carbons (Fsp3) is 0.136. The number of sulfonamides is 1. The molecule has 0 saturated carbocycles. The molecule has 0 aliphatic carbocycles. The van der Waals surface area contributed by atoms with Gasteiger partial charge in [0, 0.05) is 35.3 Å². The number of methoxy groups -OCH3 is 3. The molecule has 0 radical (unpaired) electrons. The SMILES string of the molecule is COc1ccc(NS(=O)(=O)c2ccc(NC(=S)Nc3cc(OC)cc(OC)c3)cc2)cc1. The van der Waals surface area contributed by atoms with E-state index in [9.17, 15) is 8.42 Å². The van der Waals surface area contributed by atoms with Gasteiger partial charge in [0.1, 0.15) is 17.2 Å². The third-order valence-electron chi connectivity index (χ3n) is 4.37. The number of thiocarbonyl (C=S) groups is 1. The lowest BCUT2D eigenvalue weighted by molar-refractivity contribution is 0.395. The number of hydrogen-bond donors (Lipinski definition) is 3. The second kappa shape index (κ2) is 10.2. The number of nitrogens with one attached hydrogen (secondary N) is 3. The van der Waals surface area contributed by atoms with Crippen molar-refractivity contribution < 1.29 is 22.6 Å². The maximum absolute atomic E-state index is 12.6. The molecular weight excluding hydrogens is 450 g/mol. The van der Waals surface area contributed by atoms with Crippen molar-refractivity contribution in [3.05, 3.63) is 66.7 Å². The number of anilines is 3. The van der Waals surface area contributed by atoms with Gasteiger partial charge in [-0.2, -0.15) is 0 Å². The molecule has 0 saturated heterocycles. The van der Waals surface area contributed by atoms with E-state index in [0.29, 0.717) is 39.4 Å². The normalized spacial score (nSPS) is 10.7. The Morgan fingerprint density at radius 2 is 1.19 bits per heavy atom. The molecule has 3 rings (SSSR count). The Labute approximate surface area is 192 Å². The minimum atomic E-state index is -3.74. The third-order valence-corrected chi connectivity index (χ3v) is 5.98. The molecule has 3 N–H and O–H groups in total. The molecule has 10 heteroatoms. The van der Waals surface area contributed by atoms with Gasteiger partial charge in [0.05, 0.1) is 26.2 Å². The minimum absolute atomic E-state index is 0.121. The summed E-state index contributed by atoms with van der Waals surface area (Å²) in [5, 5.41) is 6.39. The highest BCUT2D eigenvalue weighted by atomic mass is 32.2. The monoisotopic (exact) mass is 473 g/mol. The Morgan fingerprint density at radius 3 is 1.72 bits per heavy atom. The fourth-order valence-electron chi connectivity index (χ4n) is 2.76. The van der Waals surface area contributed by atoms with Crippen LogP contribution >= 0.6 is 12.2 Å². The van der Waals surface area contributed by atoms with E-state index in [1.807, 2.05) is 0 Å². The van der Waals surface area contributed by atoms with Crippen LogP contribution < -0.4 is 29.6 Å². The Morgan fingerprint density at radius 1 is 0.688 bits per heavy atom. The first-order valence-electron chi connectivity index (χ1n) is 9.41. The minimum Gasteiger partial charge on any atom is -0.497 e. The van der Waals surface area contributed by atoms with Crippen LogP contribution in [0.15, 0.2) is 71.6 Å². The van der Waals surface area contributed by atoms with Gasteiger partial charge < -0.3 is 24.8 Å². The number of rotatable bonds is 8. The summed E-state index contributed by atoms with van der Waals surface area (Å²) < 4.78 is 43.4. The second-order valence-corrected chi connectivity index (χ2v) is 8.63. The van der Waals surface area contributed by atoms with Crippen molar-refractivity contribution in [1.82, 2.24) is 0 Å². The van der Waals surface area contributed by atoms with Crippen molar-refractivity contribution in [3.8, 4) is 17.2 Å². The highest BCUT2D eigenvalue weighted by Gasteiger charge is 2.14. The molecule has 0 aliphatic heterocycles. The predicted octanol–water partition coefficient (Wildman–Crippen LogP) is 4.32. The lowest BCUT2D eigenvalue weighted by Gasteiger charge is -2.13. The molecule has 3 aromatic carbocycles. The second-order valence-electron chi connectivity index (χ2n) is 6.54. The molecule has 0 amide bonds. The highest BCUT2D eigenvalue weighted by molar-refractivity contribution is 7.92. The Balaban J connectivity index is 1.65. The van der Waals surface area contributed by atoms with Crippen molar-refractivity contribution in [1.29, 1.82) is 0 Å². The summed E-state index contributed by atoms with van der Waals surface area (Å²) in [5.41, 5.74) is 1.74. The van der Waals surface area contributed by atoms with Crippen LogP contribution in [0.25, 0.3) is 0 Å². The van der Waals surface area contributed by atoms with Crippen molar-refractivity contribution in [3.63, 3.8) is 0 Å². The lowest BCUT2D eigenvalue weighted by Crippen LogP contribution is -2.19. The average molecular weight is 474 g/mol. The van der Waals surface area contributed by atoms with Crippen LogP contribution in [0, 0.1) is 0 Å². The van der Waals surface area contributed by atoms with Gasteiger partial charge in [-0.3, -0.25) is 4.72 Å². The highest BCUT2D eigenvalue weighted by Crippen LogP contribution is 2.26. The molecule has 0 aliphatic rings.